The number of phenols is 1. The largest absolute Gasteiger partial charge is 0.506 e. The number of amides is 1. The molecule has 94 valence electrons. The normalized spacial score (nSPS) is 10.4. The van der Waals surface area contributed by atoms with Crippen molar-refractivity contribution in [2.75, 3.05) is 5.32 Å². The predicted octanol–water partition coefficient (Wildman–Crippen LogP) is 1.99. The molecule has 1 aromatic carbocycles. The average molecular weight is 245 g/mol. The summed E-state index contributed by atoms with van der Waals surface area (Å²) >= 11 is 0. The highest BCUT2D eigenvalue weighted by atomic mass is 16.3. The lowest BCUT2D eigenvalue weighted by Gasteiger charge is -2.07. The summed E-state index contributed by atoms with van der Waals surface area (Å²) in [5.41, 5.74) is 2.61. The van der Waals surface area contributed by atoms with Crippen molar-refractivity contribution >= 4 is 11.6 Å². The molecule has 5 nitrogen and oxygen atoms in total. The summed E-state index contributed by atoms with van der Waals surface area (Å²) in [6, 6.07) is 5.10. The number of benzene rings is 1. The highest BCUT2D eigenvalue weighted by Crippen LogP contribution is 2.24. The Morgan fingerprint density at radius 1 is 1.39 bits per heavy atom. The Balaban J connectivity index is 2.24. The van der Waals surface area contributed by atoms with E-state index in [-0.39, 0.29) is 11.7 Å². The number of rotatable bonds is 2. The van der Waals surface area contributed by atoms with Crippen molar-refractivity contribution in [2.45, 2.75) is 13.8 Å². The second-order valence-electron chi connectivity index (χ2n) is 4.24. The molecule has 0 unspecified atom stereocenters. The van der Waals surface area contributed by atoms with Crippen LogP contribution in [-0.4, -0.2) is 20.8 Å². The van der Waals surface area contributed by atoms with Gasteiger partial charge in [0.15, 0.2) is 0 Å². The van der Waals surface area contributed by atoms with Crippen molar-refractivity contribution in [1.82, 2.24) is 9.78 Å². The van der Waals surface area contributed by atoms with Crippen LogP contribution in [0.4, 0.5) is 5.69 Å². The Hall–Kier alpha value is -2.30. The van der Waals surface area contributed by atoms with Crippen LogP contribution < -0.4 is 5.32 Å². The van der Waals surface area contributed by atoms with Gasteiger partial charge in [-0.3, -0.25) is 9.48 Å². The standard InChI is InChI=1S/C13H15N3O2/c1-8-4-5-11(12(17)6-8)15-13(18)10-7-14-16(3)9(10)2/h4-7,17H,1-3H3,(H,15,18). The van der Waals surface area contributed by atoms with Crippen LogP contribution in [0.3, 0.4) is 0 Å². The second-order valence-corrected chi connectivity index (χ2v) is 4.24. The molecule has 0 atom stereocenters. The molecule has 0 aliphatic rings. The number of aromatic nitrogens is 2. The van der Waals surface area contributed by atoms with Crippen molar-refractivity contribution in [3.05, 3.63) is 41.2 Å². The van der Waals surface area contributed by atoms with Gasteiger partial charge in [-0.15, -0.1) is 0 Å². The van der Waals surface area contributed by atoms with E-state index < -0.39 is 0 Å². The van der Waals surface area contributed by atoms with Crippen molar-refractivity contribution in [2.24, 2.45) is 7.05 Å². The molecule has 2 aromatic rings. The van der Waals surface area contributed by atoms with Gasteiger partial charge in [0.05, 0.1) is 17.4 Å². The zero-order valence-electron chi connectivity index (χ0n) is 10.6. The fraction of sp³-hybridized carbons (Fsp3) is 0.231. The average Bonchev–Trinajstić information content (AvgIpc) is 2.64. The first-order valence-corrected chi connectivity index (χ1v) is 5.58. The maximum absolute atomic E-state index is 12.0. The Morgan fingerprint density at radius 2 is 2.11 bits per heavy atom. The number of nitrogens with zero attached hydrogens (tertiary/aromatic N) is 2. The third-order valence-electron chi connectivity index (χ3n) is 2.88. The molecule has 0 radical (unpaired) electrons. The maximum atomic E-state index is 12.0. The Morgan fingerprint density at radius 3 is 2.67 bits per heavy atom. The van der Waals surface area contributed by atoms with Gasteiger partial charge < -0.3 is 10.4 Å². The summed E-state index contributed by atoms with van der Waals surface area (Å²) in [7, 11) is 1.77. The minimum atomic E-state index is -0.278. The minimum absolute atomic E-state index is 0.0601. The van der Waals surface area contributed by atoms with E-state index in [4.69, 9.17) is 0 Å². The lowest BCUT2D eigenvalue weighted by atomic mass is 10.2. The summed E-state index contributed by atoms with van der Waals surface area (Å²) in [5.74, 6) is -0.218. The first-order valence-electron chi connectivity index (χ1n) is 5.58. The van der Waals surface area contributed by atoms with Gasteiger partial charge in [-0.2, -0.15) is 5.10 Å². The molecule has 0 aliphatic heterocycles. The van der Waals surface area contributed by atoms with Gasteiger partial charge in [0.1, 0.15) is 5.75 Å². The molecule has 1 heterocycles. The summed E-state index contributed by atoms with van der Waals surface area (Å²) < 4.78 is 1.63. The molecule has 1 amide bonds. The van der Waals surface area contributed by atoms with Gasteiger partial charge >= 0.3 is 0 Å². The number of anilines is 1. The molecule has 0 saturated heterocycles. The van der Waals surface area contributed by atoms with E-state index in [1.54, 1.807) is 23.9 Å². The monoisotopic (exact) mass is 245 g/mol. The smallest absolute Gasteiger partial charge is 0.259 e. The van der Waals surface area contributed by atoms with Crippen LogP contribution in [0, 0.1) is 13.8 Å². The summed E-state index contributed by atoms with van der Waals surface area (Å²) in [6.07, 6.45) is 1.51. The van der Waals surface area contributed by atoms with E-state index in [1.165, 1.54) is 6.20 Å². The molecule has 0 spiro atoms. The van der Waals surface area contributed by atoms with Gasteiger partial charge in [0, 0.05) is 12.7 Å². The highest BCUT2D eigenvalue weighted by molar-refractivity contribution is 6.05. The number of nitrogens with one attached hydrogen (secondary N) is 1. The Labute approximate surface area is 105 Å². The van der Waals surface area contributed by atoms with Crippen LogP contribution in [0.15, 0.2) is 24.4 Å². The van der Waals surface area contributed by atoms with Crippen LogP contribution in [0.2, 0.25) is 0 Å². The van der Waals surface area contributed by atoms with E-state index in [0.29, 0.717) is 11.3 Å². The van der Waals surface area contributed by atoms with Crippen molar-refractivity contribution < 1.29 is 9.90 Å². The molecule has 18 heavy (non-hydrogen) atoms. The zero-order valence-corrected chi connectivity index (χ0v) is 10.6. The van der Waals surface area contributed by atoms with Crippen molar-refractivity contribution in [1.29, 1.82) is 0 Å². The molecule has 1 aromatic heterocycles. The van der Waals surface area contributed by atoms with E-state index in [0.717, 1.165) is 11.3 Å². The molecule has 0 saturated carbocycles. The summed E-state index contributed by atoms with van der Waals surface area (Å²) in [4.78, 5) is 12.0. The number of hydrogen-bond acceptors (Lipinski definition) is 3. The number of aryl methyl sites for hydroxylation is 2. The minimum Gasteiger partial charge on any atom is -0.506 e. The highest BCUT2D eigenvalue weighted by Gasteiger charge is 2.14. The SMILES string of the molecule is Cc1ccc(NC(=O)c2cnn(C)c2C)c(O)c1. The molecule has 0 fully saturated rings. The number of carbonyl (C=O) groups is 1. The molecular weight excluding hydrogens is 230 g/mol. The van der Waals surface area contributed by atoms with Crippen molar-refractivity contribution in [3.8, 4) is 5.75 Å². The van der Waals surface area contributed by atoms with Gasteiger partial charge in [-0.1, -0.05) is 6.07 Å². The predicted molar refractivity (Wildman–Crippen MR) is 68.7 cm³/mol. The topological polar surface area (TPSA) is 67.2 Å². The maximum Gasteiger partial charge on any atom is 0.259 e. The first-order chi connectivity index (χ1) is 8.49. The molecule has 2 N–H and O–H groups in total. The lowest BCUT2D eigenvalue weighted by molar-refractivity contribution is 0.102. The first kappa shape index (κ1) is 12.2. The Bertz CT molecular complexity index is 602. The van der Waals surface area contributed by atoms with Crippen molar-refractivity contribution in [3.63, 3.8) is 0 Å². The second kappa shape index (κ2) is 4.52. The zero-order chi connectivity index (χ0) is 13.3. The Kier molecular flexibility index (Phi) is 3.06. The van der Waals surface area contributed by atoms with E-state index >= 15 is 0 Å². The fourth-order valence-corrected chi connectivity index (χ4v) is 1.66. The molecular formula is C13H15N3O2. The molecule has 0 aliphatic carbocycles. The van der Waals surface area contributed by atoms with Gasteiger partial charge in [0.25, 0.3) is 5.91 Å². The molecule has 5 heteroatoms. The van der Waals surface area contributed by atoms with Crippen LogP contribution in [0.25, 0.3) is 0 Å². The third-order valence-corrected chi connectivity index (χ3v) is 2.88. The van der Waals surface area contributed by atoms with Crippen LogP contribution in [0.1, 0.15) is 21.6 Å². The third kappa shape index (κ3) is 2.20. The number of phenolic OH excluding ortho intramolecular Hbond substituents is 1. The van der Waals surface area contributed by atoms with Crippen LogP contribution in [-0.2, 0) is 7.05 Å². The molecule has 0 bridgehead atoms. The number of aromatic hydroxyl groups is 1. The fourth-order valence-electron chi connectivity index (χ4n) is 1.66. The van der Waals surface area contributed by atoms with Gasteiger partial charge in [-0.25, -0.2) is 0 Å². The number of hydrogen-bond donors (Lipinski definition) is 2. The molecule has 2 rings (SSSR count). The van der Waals surface area contributed by atoms with E-state index in [9.17, 15) is 9.90 Å². The quantitative estimate of drug-likeness (QED) is 0.795. The lowest BCUT2D eigenvalue weighted by Crippen LogP contribution is -2.13. The summed E-state index contributed by atoms with van der Waals surface area (Å²) in [5, 5.41) is 16.4. The number of carbonyl (C=O) groups excluding carboxylic acids is 1. The van der Waals surface area contributed by atoms with Crippen LogP contribution in [0.5, 0.6) is 5.75 Å². The van der Waals surface area contributed by atoms with E-state index in [2.05, 4.69) is 10.4 Å². The van der Waals surface area contributed by atoms with Gasteiger partial charge in [-0.05, 0) is 31.5 Å². The van der Waals surface area contributed by atoms with E-state index in [1.807, 2.05) is 19.9 Å². The summed E-state index contributed by atoms with van der Waals surface area (Å²) in [6.45, 7) is 3.69. The van der Waals surface area contributed by atoms with Crippen LogP contribution >= 0.6 is 0 Å². The van der Waals surface area contributed by atoms with Gasteiger partial charge in [0.2, 0.25) is 0 Å².